The van der Waals surface area contributed by atoms with Gasteiger partial charge in [-0.3, -0.25) is 0 Å². The van der Waals surface area contributed by atoms with Crippen LogP contribution in [-0.4, -0.2) is 6.54 Å². The number of hydrogen-bond acceptors (Lipinski definition) is 3. The summed E-state index contributed by atoms with van der Waals surface area (Å²) in [6.07, 6.45) is 2.79. The van der Waals surface area contributed by atoms with Gasteiger partial charge in [-0.1, -0.05) is 13.0 Å². The fraction of sp³-hybridized carbons (Fsp3) is 0.429. The maximum absolute atomic E-state index is 3.58. The van der Waals surface area contributed by atoms with Crippen molar-refractivity contribution in [1.29, 1.82) is 0 Å². The van der Waals surface area contributed by atoms with Crippen LogP contribution >= 0.6 is 22.7 Å². The fourth-order valence-electron chi connectivity index (χ4n) is 1.92. The molecule has 0 spiro atoms. The predicted octanol–water partition coefficient (Wildman–Crippen LogP) is 4.37. The summed E-state index contributed by atoms with van der Waals surface area (Å²) >= 11 is 3.68. The Bertz CT molecular complexity index is 480. The smallest absolute Gasteiger partial charge is 0.0351 e. The molecule has 0 amide bonds. The SMILES string of the molecule is CC1(CNCc2cc(-c3cccs3)cs2)CC1. The van der Waals surface area contributed by atoms with E-state index in [-0.39, 0.29) is 0 Å². The number of rotatable bonds is 5. The van der Waals surface area contributed by atoms with Gasteiger partial charge in [-0.25, -0.2) is 0 Å². The molecule has 1 aliphatic rings. The molecule has 17 heavy (non-hydrogen) atoms. The summed E-state index contributed by atoms with van der Waals surface area (Å²) in [5.74, 6) is 0. The Morgan fingerprint density at radius 3 is 2.94 bits per heavy atom. The molecule has 1 saturated carbocycles. The lowest BCUT2D eigenvalue weighted by Crippen LogP contribution is -2.20. The molecule has 2 aromatic heterocycles. The van der Waals surface area contributed by atoms with E-state index in [9.17, 15) is 0 Å². The monoisotopic (exact) mass is 263 g/mol. The normalized spacial score (nSPS) is 17.2. The van der Waals surface area contributed by atoms with Gasteiger partial charge in [-0.05, 0) is 41.1 Å². The van der Waals surface area contributed by atoms with Crippen molar-refractivity contribution in [3.63, 3.8) is 0 Å². The maximum atomic E-state index is 3.58. The molecule has 0 unspecified atom stereocenters. The van der Waals surface area contributed by atoms with E-state index in [1.807, 2.05) is 22.7 Å². The zero-order valence-corrected chi connectivity index (χ0v) is 11.7. The first-order valence-electron chi connectivity index (χ1n) is 6.07. The van der Waals surface area contributed by atoms with Crippen molar-refractivity contribution in [3.8, 4) is 10.4 Å². The van der Waals surface area contributed by atoms with E-state index in [1.54, 1.807) is 0 Å². The first-order valence-corrected chi connectivity index (χ1v) is 7.83. The van der Waals surface area contributed by atoms with E-state index < -0.39 is 0 Å². The topological polar surface area (TPSA) is 12.0 Å². The summed E-state index contributed by atoms with van der Waals surface area (Å²) < 4.78 is 0. The third-order valence-corrected chi connectivity index (χ3v) is 5.27. The van der Waals surface area contributed by atoms with Crippen LogP contribution in [0.4, 0.5) is 0 Å². The summed E-state index contributed by atoms with van der Waals surface area (Å²) in [6.45, 7) is 4.55. The van der Waals surface area contributed by atoms with Crippen LogP contribution < -0.4 is 5.32 Å². The van der Waals surface area contributed by atoms with Gasteiger partial charge >= 0.3 is 0 Å². The highest BCUT2D eigenvalue weighted by Crippen LogP contribution is 2.44. The van der Waals surface area contributed by atoms with Crippen molar-refractivity contribution in [2.75, 3.05) is 6.54 Å². The Balaban J connectivity index is 1.57. The van der Waals surface area contributed by atoms with Crippen LogP contribution in [0.5, 0.6) is 0 Å². The molecule has 90 valence electrons. The molecule has 3 heteroatoms. The van der Waals surface area contributed by atoms with Crippen molar-refractivity contribution in [3.05, 3.63) is 33.8 Å². The van der Waals surface area contributed by atoms with Crippen molar-refractivity contribution in [1.82, 2.24) is 5.32 Å². The maximum Gasteiger partial charge on any atom is 0.0351 e. The average molecular weight is 263 g/mol. The second kappa shape index (κ2) is 4.56. The largest absolute Gasteiger partial charge is 0.311 e. The van der Waals surface area contributed by atoms with E-state index in [0.717, 1.165) is 6.54 Å². The molecule has 0 radical (unpaired) electrons. The first kappa shape index (κ1) is 11.5. The van der Waals surface area contributed by atoms with E-state index in [1.165, 1.54) is 34.7 Å². The van der Waals surface area contributed by atoms with Crippen molar-refractivity contribution < 1.29 is 0 Å². The Morgan fingerprint density at radius 2 is 2.24 bits per heavy atom. The predicted molar refractivity (Wildman–Crippen MR) is 76.7 cm³/mol. The first-order chi connectivity index (χ1) is 8.25. The van der Waals surface area contributed by atoms with Crippen LogP contribution in [0.1, 0.15) is 24.6 Å². The zero-order chi connectivity index (χ0) is 11.7. The highest BCUT2D eigenvalue weighted by molar-refractivity contribution is 7.14. The van der Waals surface area contributed by atoms with E-state index in [4.69, 9.17) is 0 Å². The Labute approximate surface area is 111 Å². The molecular formula is C14H17NS2. The minimum Gasteiger partial charge on any atom is -0.311 e. The Kier molecular flexibility index (Phi) is 3.07. The summed E-state index contributed by atoms with van der Waals surface area (Å²) in [5, 5.41) is 7.98. The van der Waals surface area contributed by atoms with Crippen LogP contribution in [0.2, 0.25) is 0 Å². The van der Waals surface area contributed by atoms with E-state index >= 15 is 0 Å². The molecule has 0 saturated heterocycles. The van der Waals surface area contributed by atoms with Gasteiger partial charge in [0.15, 0.2) is 0 Å². The molecule has 2 heterocycles. The Morgan fingerprint density at radius 1 is 1.35 bits per heavy atom. The molecule has 1 fully saturated rings. The van der Waals surface area contributed by atoms with Gasteiger partial charge in [0, 0.05) is 28.4 Å². The van der Waals surface area contributed by atoms with Crippen molar-refractivity contribution in [2.24, 2.45) is 5.41 Å². The highest BCUT2D eigenvalue weighted by Gasteiger charge is 2.36. The summed E-state index contributed by atoms with van der Waals surface area (Å²) in [4.78, 5) is 2.82. The van der Waals surface area contributed by atoms with Gasteiger partial charge in [-0.15, -0.1) is 22.7 Å². The number of thiophene rings is 2. The van der Waals surface area contributed by atoms with Crippen molar-refractivity contribution >= 4 is 22.7 Å². The van der Waals surface area contributed by atoms with Gasteiger partial charge in [-0.2, -0.15) is 0 Å². The van der Waals surface area contributed by atoms with Crippen LogP contribution in [0.3, 0.4) is 0 Å². The zero-order valence-electron chi connectivity index (χ0n) is 10.0. The molecule has 0 aromatic carbocycles. The van der Waals surface area contributed by atoms with Gasteiger partial charge < -0.3 is 5.32 Å². The second-order valence-corrected chi connectivity index (χ2v) is 7.14. The highest BCUT2D eigenvalue weighted by atomic mass is 32.1. The minimum atomic E-state index is 0.605. The van der Waals surface area contributed by atoms with Crippen molar-refractivity contribution in [2.45, 2.75) is 26.3 Å². The van der Waals surface area contributed by atoms with Crippen LogP contribution in [0.25, 0.3) is 10.4 Å². The standard InChI is InChI=1S/C14H17NS2/c1-14(4-5-14)10-15-8-12-7-11(9-17-12)13-3-2-6-16-13/h2-3,6-7,9,15H,4-5,8,10H2,1H3. The summed E-state index contributed by atoms with van der Waals surface area (Å²) in [6, 6.07) is 6.62. The minimum absolute atomic E-state index is 0.605. The van der Waals surface area contributed by atoms with Gasteiger partial charge in [0.25, 0.3) is 0 Å². The molecule has 2 aromatic rings. The molecule has 1 N–H and O–H groups in total. The molecule has 0 atom stereocenters. The van der Waals surface area contributed by atoms with E-state index in [2.05, 4.69) is 41.2 Å². The van der Waals surface area contributed by atoms with Gasteiger partial charge in [0.1, 0.15) is 0 Å². The van der Waals surface area contributed by atoms with E-state index in [0.29, 0.717) is 5.41 Å². The Hall–Kier alpha value is -0.640. The average Bonchev–Trinajstić information content (AvgIpc) is 2.78. The van der Waals surface area contributed by atoms with Crippen LogP contribution in [-0.2, 0) is 6.54 Å². The number of hydrogen-bond donors (Lipinski definition) is 1. The molecule has 1 nitrogen and oxygen atoms in total. The van der Waals surface area contributed by atoms with Gasteiger partial charge in [0.2, 0.25) is 0 Å². The summed E-state index contributed by atoms with van der Waals surface area (Å²) in [7, 11) is 0. The third kappa shape index (κ3) is 2.79. The number of nitrogens with one attached hydrogen (secondary N) is 1. The quantitative estimate of drug-likeness (QED) is 0.845. The van der Waals surface area contributed by atoms with Crippen LogP contribution in [0.15, 0.2) is 29.0 Å². The van der Waals surface area contributed by atoms with Crippen LogP contribution in [0, 0.1) is 5.41 Å². The lowest BCUT2D eigenvalue weighted by molar-refractivity contribution is 0.501. The molecule has 0 bridgehead atoms. The lowest BCUT2D eigenvalue weighted by Gasteiger charge is -2.08. The molecule has 0 aliphatic heterocycles. The molecule has 1 aliphatic carbocycles. The molecule has 3 rings (SSSR count). The second-order valence-electron chi connectivity index (χ2n) is 5.19. The third-order valence-electron chi connectivity index (χ3n) is 3.41. The lowest BCUT2D eigenvalue weighted by atomic mass is 10.1. The van der Waals surface area contributed by atoms with Gasteiger partial charge in [0.05, 0.1) is 0 Å². The summed E-state index contributed by atoms with van der Waals surface area (Å²) in [5.41, 5.74) is 1.98. The fourth-order valence-corrected chi connectivity index (χ4v) is 3.57. The molecular weight excluding hydrogens is 246 g/mol.